The van der Waals surface area contributed by atoms with Gasteiger partial charge < -0.3 is 0 Å². The molecule has 150 valence electrons. The molecule has 0 aliphatic carbocycles. The summed E-state index contributed by atoms with van der Waals surface area (Å²) in [5.41, 5.74) is 7.17. The van der Waals surface area contributed by atoms with Gasteiger partial charge in [-0.25, -0.2) is 0 Å². The van der Waals surface area contributed by atoms with E-state index in [4.69, 9.17) is 11.6 Å². The van der Waals surface area contributed by atoms with Gasteiger partial charge in [-0.15, -0.1) is 0 Å². The molecule has 0 fully saturated rings. The van der Waals surface area contributed by atoms with Gasteiger partial charge in [0.15, 0.2) is 5.78 Å². The third-order valence-electron chi connectivity index (χ3n) is 5.25. The molecular formula is C24H21ClN4O. The molecule has 0 spiro atoms. The monoisotopic (exact) mass is 416 g/mol. The quantitative estimate of drug-likeness (QED) is 0.417. The van der Waals surface area contributed by atoms with Crippen LogP contribution in [-0.2, 0) is 13.5 Å². The Balaban J connectivity index is 1.58. The van der Waals surface area contributed by atoms with Crippen LogP contribution < -0.4 is 0 Å². The fraction of sp³-hybridized carbons (Fsp3) is 0.167. The first kappa shape index (κ1) is 20.0. The van der Waals surface area contributed by atoms with Crippen molar-refractivity contribution < 1.29 is 4.79 Å². The average Bonchev–Trinajstić information content (AvgIpc) is 3.17. The maximum Gasteiger partial charge on any atom is 0.170 e. The Kier molecular flexibility index (Phi) is 5.46. The Hall–Kier alpha value is -3.31. The lowest BCUT2D eigenvalue weighted by molar-refractivity contribution is 0.0991. The average molecular weight is 417 g/mol. The van der Waals surface area contributed by atoms with Gasteiger partial charge in [-0.2, -0.15) is 5.10 Å². The molecule has 0 atom stereocenters. The molecule has 0 bridgehead atoms. The number of rotatable bonds is 5. The van der Waals surface area contributed by atoms with Crippen molar-refractivity contribution in [1.29, 1.82) is 0 Å². The molecule has 0 N–H and O–H groups in total. The van der Waals surface area contributed by atoms with E-state index in [-0.39, 0.29) is 12.2 Å². The van der Waals surface area contributed by atoms with E-state index in [1.807, 2.05) is 63.6 Å². The minimum Gasteiger partial charge on any atom is -0.294 e. The molecule has 0 unspecified atom stereocenters. The van der Waals surface area contributed by atoms with E-state index in [9.17, 15) is 4.79 Å². The zero-order valence-electron chi connectivity index (χ0n) is 17.1. The van der Waals surface area contributed by atoms with Crippen LogP contribution in [-0.4, -0.2) is 25.5 Å². The van der Waals surface area contributed by atoms with E-state index in [0.29, 0.717) is 16.3 Å². The number of benzene rings is 1. The predicted octanol–water partition coefficient (Wildman–Crippen LogP) is 5.24. The Morgan fingerprint density at radius 3 is 2.50 bits per heavy atom. The molecule has 0 saturated heterocycles. The first-order valence-electron chi connectivity index (χ1n) is 9.60. The molecule has 4 rings (SSSR count). The molecule has 3 heterocycles. The third-order valence-corrected chi connectivity index (χ3v) is 5.58. The number of ketones is 1. The van der Waals surface area contributed by atoms with Crippen LogP contribution in [0.3, 0.4) is 0 Å². The van der Waals surface area contributed by atoms with Crippen molar-refractivity contribution in [1.82, 2.24) is 19.7 Å². The number of aryl methyl sites for hydroxylation is 2. The number of aromatic nitrogens is 4. The highest BCUT2D eigenvalue weighted by molar-refractivity contribution is 6.33. The topological polar surface area (TPSA) is 60.7 Å². The number of halogens is 1. The van der Waals surface area contributed by atoms with Crippen molar-refractivity contribution in [2.45, 2.75) is 20.3 Å². The van der Waals surface area contributed by atoms with E-state index >= 15 is 0 Å². The van der Waals surface area contributed by atoms with Crippen LogP contribution in [0.1, 0.15) is 27.2 Å². The smallest absolute Gasteiger partial charge is 0.170 e. The lowest BCUT2D eigenvalue weighted by Gasteiger charge is -2.09. The van der Waals surface area contributed by atoms with Crippen LogP contribution in [0.15, 0.2) is 61.3 Å². The maximum absolute atomic E-state index is 12.7. The molecule has 0 amide bonds. The molecule has 0 aliphatic heterocycles. The van der Waals surface area contributed by atoms with Gasteiger partial charge in [-0.1, -0.05) is 23.7 Å². The lowest BCUT2D eigenvalue weighted by atomic mass is 9.99. The highest BCUT2D eigenvalue weighted by atomic mass is 35.5. The van der Waals surface area contributed by atoms with E-state index < -0.39 is 0 Å². The fourth-order valence-corrected chi connectivity index (χ4v) is 3.58. The Labute approximate surface area is 180 Å². The van der Waals surface area contributed by atoms with Crippen molar-refractivity contribution in [3.8, 4) is 22.3 Å². The molecular weight excluding hydrogens is 396 g/mol. The van der Waals surface area contributed by atoms with Crippen molar-refractivity contribution in [2.24, 2.45) is 7.05 Å². The number of nitrogens with zero attached hydrogens (tertiary/aromatic N) is 4. The molecule has 0 radical (unpaired) electrons. The van der Waals surface area contributed by atoms with Crippen LogP contribution in [0.2, 0.25) is 5.02 Å². The molecule has 1 aromatic carbocycles. The van der Waals surface area contributed by atoms with Crippen LogP contribution in [0.4, 0.5) is 0 Å². The second-order valence-corrected chi connectivity index (χ2v) is 7.77. The van der Waals surface area contributed by atoms with Crippen LogP contribution in [0.5, 0.6) is 0 Å². The van der Waals surface area contributed by atoms with Crippen molar-refractivity contribution >= 4 is 17.4 Å². The summed E-state index contributed by atoms with van der Waals surface area (Å²) in [5.74, 6) is 0.0144. The number of pyridine rings is 2. The number of hydrogen-bond acceptors (Lipinski definition) is 4. The third kappa shape index (κ3) is 4.02. The van der Waals surface area contributed by atoms with E-state index in [1.54, 1.807) is 23.3 Å². The number of carbonyl (C=O) groups excluding carboxylic acids is 1. The molecule has 4 aromatic rings. The van der Waals surface area contributed by atoms with Gasteiger partial charge in [-0.3, -0.25) is 19.4 Å². The highest BCUT2D eigenvalue weighted by Crippen LogP contribution is 2.32. The van der Waals surface area contributed by atoms with Crippen molar-refractivity contribution in [3.63, 3.8) is 0 Å². The first-order chi connectivity index (χ1) is 14.4. The first-order valence-corrected chi connectivity index (χ1v) is 9.98. The Bertz CT molecular complexity index is 1230. The Morgan fingerprint density at radius 1 is 1.00 bits per heavy atom. The molecule has 30 heavy (non-hydrogen) atoms. The summed E-state index contributed by atoms with van der Waals surface area (Å²) in [7, 11) is 1.89. The zero-order valence-corrected chi connectivity index (χ0v) is 17.8. The van der Waals surface area contributed by atoms with Crippen LogP contribution >= 0.6 is 11.6 Å². The van der Waals surface area contributed by atoms with Gasteiger partial charge >= 0.3 is 0 Å². The predicted molar refractivity (Wildman–Crippen MR) is 119 cm³/mol. The van der Waals surface area contributed by atoms with Gasteiger partial charge in [0.1, 0.15) is 0 Å². The SMILES string of the molecule is Cc1cncc(C(=O)Cc2ccc(-c3cc(-c4cnn(C)c4)ccc3Cl)cn2)c1C. The summed E-state index contributed by atoms with van der Waals surface area (Å²) < 4.78 is 1.77. The van der Waals surface area contributed by atoms with E-state index in [2.05, 4.69) is 15.1 Å². The Morgan fingerprint density at radius 2 is 1.80 bits per heavy atom. The summed E-state index contributed by atoms with van der Waals surface area (Å²) >= 11 is 6.45. The summed E-state index contributed by atoms with van der Waals surface area (Å²) in [6.45, 7) is 3.90. The fourth-order valence-electron chi connectivity index (χ4n) is 3.36. The largest absolute Gasteiger partial charge is 0.294 e. The summed E-state index contributed by atoms with van der Waals surface area (Å²) in [4.78, 5) is 21.3. The molecule has 0 aliphatic rings. The summed E-state index contributed by atoms with van der Waals surface area (Å²) in [5, 5.41) is 4.88. The molecule has 6 heteroatoms. The highest BCUT2D eigenvalue weighted by Gasteiger charge is 2.13. The van der Waals surface area contributed by atoms with E-state index in [0.717, 1.165) is 33.4 Å². The van der Waals surface area contributed by atoms with Gasteiger partial charge in [0.2, 0.25) is 0 Å². The second kappa shape index (κ2) is 8.20. The van der Waals surface area contributed by atoms with Gasteiger partial charge in [0.05, 0.1) is 12.6 Å². The summed E-state index contributed by atoms with van der Waals surface area (Å²) in [6, 6.07) is 9.71. The number of carbonyl (C=O) groups is 1. The zero-order chi connectivity index (χ0) is 21.3. The van der Waals surface area contributed by atoms with E-state index in [1.165, 1.54) is 0 Å². The van der Waals surface area contributed by atoms with Crippen LogP contribution in [0.25, 0.3) is 22.3 Å². The van der Waals surface area contributed by atoms with Crippen LogP contribution in [0, 0.1) is 13.8 Å². The number of hydrogen-bond donors (Lipinski definition) is 0. The normalized spacial score (nSPS) is 10.9. The summed E-state index contributed by atoms with van der Waals surface area (Å²) in [6.07, 6.45) is 9.17. The standard InChI is InChI=1S/C24H21ClN4O/c1-15-10-26-13-22(16(15)2)24(30)9-20-6-4-18(11-27-20)21-8-17(5-7-23(21)25)19-12-28-29(3)14-19/h4-8,10-14H,9H2,1-3H3. The molecule has 0 saturated carbocycles. The minimum atomic E-state index is 0.0144. The van der Waals surface area contributed by atoms with Crippen molar-refractivity contribution in [2.75, 3.05) is 0 Å². The van der Waals surface area contributed by atoms with Crippen molar-refractivity contribution in [3.05, 3.63) is 88.7 Å². The molecule has 5 nitrogen and oxygen atoms in total. The minimum absolute atomic E-state index is 0.0144. The van der Waals surface area contributed by atoms with Gasteiger partial charge in [0.25, 0.3) is 0 Å². The second-order valence-electron chi connectivity index (χ2n) is 7.36. The maximum atomic E-state index is 12.7. The van der Waals surface area contributed by atoms with Gasteiger partial charge in [0, 0.05) is 64.8 Å². The molecule has 3 aromatic heterocycles. The number of Topliss-reactive ketones (excluding diaryl/α,β-unsaturated/α-hetero) is 1. The van der Waals surface area contributed by atoms with Gasteiger partial charge in [-0.05, 0) is 48.7 Å². The lowest BCUT2D eigenvalue weighted by Crippen LogP contribution is -2.08.